The molecule has 0 aliphatic carbocycles. The van der Waals surface area contributed by atoms with E-state index >= 15 is 0 Å². The minimum atomic E-state index is -0.412. The van der Waals surface area contributed by atoms with Crippen molar-refractivity contribution in [3.63, 3.8) is 0 Å². The summed E-state index contributed by atoms with van der Waals surface area (Å²) < 4.78 is 6.94. The molecule has 0 atom stereocenters. The second-order valence-electron chi connectivity index (χ2n) is 5.94. The first-order valence-corrected chi connectivity index (χ1v) is 8.66. The summed E-state index contributed by atoms with van der Waals surface area (Å²) in [6.07, 6.45) is 5.00. The second-order valence-corrected chi connectivity index (χ2v) is 6.79. The van der Waals surface area contributed by atoms with Crippen molar-refractivity contribution in [2.24, 2.45) is 14.1 Å². The summed E-state index contributed by atoms with van der Waals surface area (Å²) in [5, 5.41) is 0. The molecule has 0 radical (unpaired) electrons. The fourth-order valence-corrected chi connectivity index (χ4v) is 3.37. The van der Waals surface area contributed by atoms with E-state index < -0.39 is 5.69 Å². The minimum absolute atomic E-state index is 0.342. The van der Waals surface area contributed by atoms with Gasteiger partial charge in [-0.3, -0.25) is 23.1 Å². The largest absolute Gasteiger partial charge is 0.332 e. The molecule has 0 amide bonds. The molecule has 1 aromatic carbocycles. The molecule has 3 aromatic heterocycles. The summed E-state index contributed by atoms with van der Waals surface area (Å²) in [5.74, 6) is 0.520. The van der Waals surface area contributed by atoms with E-state index in [-0.39, 0.29) is 5.56 Å². The van der Waals surface area contributed by atoms with Crippen molar-refractivity contribution in [1.29, 1.82) is 0 Å². The first-order valence-electron chi connectivity index (χ1n) is 7.87. The van der Waals surface area contributed by atoms with Crippen molar-refractivity contribution in [3.05, 3.63) is 73.9 Å². The van der Waals surface area contributed by atoms with Gasteiger partial charge in [0.05, 0.1) is 6.54 Å². The smallest absolute Gasteiger partial charge is 0.299 e. The van der Waals surface area contributed by atoms with Crippen molar-refractivity contribution in [3.8, 4) is 5.95 Å². The Balaban J connectivity index is 2.09. The number of hydrogen-bond acceptors (Lipinski definition) is 4. The van der Waals surface area contributed by atoms with E-state index in [1.54, 1.807) is 34.9 Å². The van der Waals surface area contributed by atoms with Crippen LogP contribution in [0, 0.1) is 0 Å². The van der Waals surface area contributed by atoms with Gasteiger partial charge in [0.15, 0.2) is 11.2 Å². The fourth-order valence-electron chi connectivity index (χ4n) is 2.96. The average molecular weight is 415 g/mol. The Hall–Kier alpha value is -2.94. The molecule has 3 heterocycles. The van der Waals surface area contributed by atoms with Gasteiger partial charge in [0.1, 0.15) is 6.33 Å². The standard InChI is InChI=1S/C17H15BrN6O2/c1-21-14-13(15(25)22(2)17(21)26)24(9-11-5-3-4-6-12(11)18)16(20-14)23-8-7-19-10-23/h3-8,10H,9H2,1-2H3. The second kappa shape index (κ2) is 6.10. The van der Waals surface area contributed by atoms with Crippen LogP contribution in [0.1, 0.15) is 5.56 Å². The van der Waals surface area contributed by atoms with Crippen LogP contribution in [0.25, 0.3) is 17.1 Å². The molecule has 0 aliphatic heterocycles. The Morgan fingerprint density at radius 2 is 1.88 bits per heavy atom. The molecule has 0 saturated heterocycles. The van der Waals surface area contributed by atoms with Gasteiger partial charge in [0.25, 0.3) is 5.56 Å². The van der Waals surface area contributed by atoms with Crippen LogP contribution in [0.2, 0.25) is 0 Å². The molecule has 0 aliphatic rings. The van der Waals surface area contributed by atoms with Crippen LogP contribution in [0.5, 0.6) is 0 Å². The molecule has 9 heteroatoms. The molecule has 8 nitrogen and oxygen atoms in total. The Morgan fingerprint density at radius 1 is 1.12 bits per heavy atom. The zero-order chi connectivity index (χ0) is 18.4. The highest BCUT2D eigenvalue weighted by atomic mass is 79.9. The van der Waals surface area contributed by atoms with E-state index in [2.05, 4.69) is 25.9 Å². The molecule has 132 valence electrons. The van der Waals surface area contributed by atoms with Crippen LogP contribution >= 0.6 is 15.9 Å². The van der Waals surface area contributed by atoms with Crippen molar-refractivity contribution in [2.45, 2.75) is 6.54 Å². The van der Waals surface area contributed by atoms with Gasteiger partial charge in [-0.25, -0.2) is 9.78 Å². The summed E-state index contributed by atoms with van der Waals surface area (Å²) in [6.45, 7) is 0.416. The molecule has 0 unspecified atom stereocenters. The van der Waals surface area contributed by atoms with Gasteiger partial charge in [-0.15, -0.1) is 0 Å². The third-order valence-corrected chi connectivity index (χ3v) is 5.12. The number of fused-ring (bicyclic) bond motifs is 1. The lowest BCUT2D eigenvalue weighted by molar-refractivity contribution is 0.701. The van der Waals surface area contributed by atoms with Crippen LogP contribution in [0.15, 0.2) is 57.0 Å². The van der Waals surface area contributed by atoms with Gasteiger partial charge in [-0.2, -0.15) is 4.98 Å². The summed E-state index contributed by atoms with van der Waals surface area (Å²) in [7, 11) is 3.08. The Labute approximate surface area is 156 Å². The molecular formula is C17H15BrN6O2. The molecule has 0 fully saturated rings. The molecule has 4 rings (SSSR count). The summed E-state index contributed by atoms with van der Waals surface area (Å²) in [4.78, 5) is 33.7. The normalized spacial score (nSPS) is 11.3. The van der Waals surface area contributed by atoms with Crippen molar-refractivity contribution >= 4 is 27.1 Å². The van der Waals surface area contributed by atoms with Crippen LogP contribution in [0.3, 0.4) is 0 Å². The van der Waals surface area contributed by atoms with Gasteiger partial charge in [0.2, 0.25) is 5.95 Å². The Kier molecular flexibility index (Phi) is 3.87. The maximum Gasteiger partial charge on any atom is 0.332 e. The highest BCUT2D eigenvalue weighted by Crippen LogP contribution is 2.21. The van der Waals surface area contributed by atoms with E-state index in [0.29, 0.717) is 23.7 Å². The van der Waals surface area contributed by atoms with Crippen molar-refractivity contribution in [2.75, 3.05) is 0 Å². The molecule has 0 bridgehead atoms. The maximum absolute atomic E-state index is 12.8. The third-order valence-electron chi connectivity index (χ3n) is 4.35. The molecule has 0 N–H and O–H groups in total. The van der Waals surface area contributed by atoms with Gasteiger partial charge >= 0.3 is 5.69 Å². The number of halogens is 1. The number of rotatable bonds is 3. The van der Waals surface area contributed by atoms with Crippen molar-refractivity contribution < 1.29 is 0 Å². The van der Waals surface area contributed by atoms with E-state index in [0.717, 1.165) is 14.6 Å². The first-order chi connectivity index (χ1) is 12.5. The summed E-state index contributed by atoms with van der Waals surface area (Å²) in [6, 6.07) is 7.78. The molecule has 4 aromatic rings. The molecule has 26 heavy (non-hydrogen) atoms. The first kappa shape index (κ1) is 16.5. The average Bonchev–Trinajstić information content (AvgIpc) is 3.28. The van der Waals surface area contributed by atoms with E-state index in [9.17, 15) is 9.59 Å². The van der Waals surface area contributed by atoms with Gasteiger partial charge in [-0.1, -0.05) is 34.1 Å². The number of benzene rings is 1. The van der Waals surface area contributed by atoms with E-state index in [1.165, 1.54) is 11.6 Å². The van der Waals surface area contributed by atoms with Crippen LogP contribution < -0.4 is 11.2 Å². The van der Waals surface area contributed by atoms with Gasteiger partial charge in [-0.05, 0) is 11.6 Å². The topological polar surface area (TPSA) is 79.6 Å². The SMILES string of the molecule is Cn1c(=O)c2c(nc(-n3ccnc3)n2Cc2ccccc2Br)n(C)c1=O. The van der Waals surface area contributed by atoms with Crippen molar-refractivity contribution in [1.82, 2.24) is 28.2 Å². The molecule has 0 spiro atoms. The monoisotopic (exact) mass is 414 g/mol. The Bertz CT molecular complexity index is 1230. The zero-order valence-corrected chi connectivity index (χ0v) is 15.7. The van der Waals surface area contributed by atoms with Crippen LogP contribution in [-0.4, -0.2) is 28.2 Å². The van der Waals surface area contributed by atoms with Crippen LogP contribution in [-0.2, 0) is 20.6 Å². The predicted molar refractivity (Wildman–Crippen MR) is 101 cm³/mol. The molecular weight excluding hydrogens is 400 g/mol. The highest BCUT2D eigenvalue weighted by molar-refractivity contribution is 9.10. The predicted octanol–water partition coefficient (Wildman–Crippen LogP) is 1.43. The number of aryl methyl sites for hydroxylation is 1. The number of nitrogens with zero attached hydrogens (tertiary/aromatic N) is 6. The summed E-state index contributed by atoms with van der Waals surface area (Å²) >= 11 is 3.55. The quantitative estimate of drug-likeness (QED) is 0.507. The lowest BCUT2D eigenvalue weighted by Crippen LogP contribution is -2.37. The Morgan fingerprint density at radius 3 is 2.58 bits per heavy atom. The lowest BCUT2D eigenvalue weighted by Gasteiger charge is -2.11. The number of hydrogen-bond donors (Lipinski definition) is 0. The zero-order valence-electron chi connectivity index (χ0n) is 14.1. The van der Waals surface area contributed by atoms with Gasteiger partial charge < -0.3 is 0 Å². The third kappa shape index (κ3) is 2.43. The number of aromatic nitrogens is 6. The van der Waals surface area contributed by atoms with Gasteiger partial charge in [0, 0.05) is 31.0 Å². The van der Waals surface area contributed by atoms with E-state index in [1.807, 2.05) is 24.3 Å². The van der Waals surface area contributed by atoms with Crippen LogP contribution in [0.4, 0.5) is 0 Å². The molecule has 0 saturated carbocycles. The number of imidazole rings is 2. The maximum atomic E-state index is 12.8. The highest BCUT2D eigenvalue weighted by Gasteiger charge is 2.20. The minimum Gasteiger partial charge on any atom is -0.299 e. The lowest BCUT2D eigenvalue weighted by atomic mass is 10.2. The fraction of sp³-hybridized carbons (Fsp3) is 0.176. The van der Waals surface area contributed by atoms with E-state index in [4.69, 9.17) is 0 Å². The summed E-state index contributed by atoms with van der Waals surface area (Å²) in [5.41, 5.74) is 0.909.